The van der Waals surface area contributed by atoms with E-state index in [-0.39, 0.29) is 0 Å². The Morgan fingerprint density at radius 1 is 1.10 bits per heavy atom. The van der Waals surface area contributed by atoms with Crippen molar-refractivity contribution in [3.8, 4) is 11.4 Å². The minimum atomic E-state index is 0.542. The van der Waals surface area contributed by atoms with Crippen LogP contribution in [0, 0.1) is 0 Å². The van der Waals surface area contributed by atoms with E-state index in [0.29, 0.717) is 12.5 Å². The van der Waals surface area contributed by atoms with Crippen LogP contribution in [0.25, 0.3) is 11.4 Å². The van der Waals surface area contributed by atoms with Crippen LogP contribution in [0.2, 0.25) is 0 Å². The van der Waals surface area contributed by atoms with Crippen molar-refractivity contribution >= 4 is 0 Å². The van der Waals surface area contributed by atoms with Gasteiger partial charge in [0.1, 0.15) is 0 Å². The van der Waals surface area contributed by atoms with Gasteiger partial charge >= 0.3 is 0 Å². The first-order valence-electron chi connectivity index (χ1n) is 7.31. The van der Waals surface area contributed by atoms with Crippen molar-refractivity contribution in [1.29, 1.82) is 0 Å². The minimum absolute atomic E-state index is 0.542. The van der Waals surface area contributed by atoms with Crippen molar-refractivity contribution in [2.24, 2.45) is 0 Å². The van der Waals surface area contributed by atoms with Crippen molar-refractivity contribution in [2.45, 2.75) is 26.3 Å². The third-order valence-corrected chi connectivity index (χ3v) is 3.35. The van der Waals surface area contributed by atoms with Gasteiger partial charge in [0.15, 0.2) is 5.82 Å². The Kier molecular flexibility index (Phi) is 5.84. The Hall–Kier alpha value is -1.78. The Bertz CT molecular complexity index is 535. The third kappa shape index (κ3) is 4.62. The van der Waals surface area contributed by atoms with Crippen molar-refractivity contribution < 1.29 is 4.74 Å². The molecule has 21 heavy (non-hydrogen) atoms. The van der Waals surface area contributed by atoms with E-state index in [4.69, 9.17) is 4.74 Å². The smallest absolute Gasteiger partial charge is 0.159 e. The largest absolute Gasteiger partial charge is 0.383 e. The third-order valence-electron chi connectivity index (χ3n) is 3.35. The lowest BCUT2D eigenvalue weighted by molar-refractivity contribution is 0.199. The number of nitrogens with zero attached hydrogens (tertiary/aromatic N) is 2. The number of hydrogen-bond acceptors (Lipinski definition) is 4. The molecule has 1 heterocycles. The van der Waals surface area contributed by atoms with E-state index in [1.165, 1.54) is 5.56 Å². The molecule has 112 valence electrons. The molecular weight excluding hydrogens is 262 g/mol. The molecule has 0 radical (unpaired) electrons. The quantitative estimate of drug-likeness (QED) is 0.794. The summed E-state index contributed by atoms with van der Waals surface area (Å²) in [6.45, 7) is 6.68. The van der Waals surface area contributed by atoms with Crippen LogP contribution in [-0.4, -0.2) is 30.2 Å². The maximum absolute atomic E-state index is 4.99. The predicted octanol–water partition coefficient (Wildman–Crippen LogP) is 3.00. The molecule has 4 nitrogen and oxygen atoms in total. The zero-order valence-corrected chi connectivity index (χ0v) is 13.0. The van der Waals surface area contributed by atoms with Crippen LogP contribution in [-0.2, 0) is 11.3 Å². The number of benzene rings is 1. The number of nitrogens with one attached hydrogen (secondary N) is 1. The van der Waals surface area contributed by atoms with Gasteiger partial charge in [0, 0.05) is 43.7 Å². The van der Waals surface area contributed by atoms with Crippen LogP contribution in [0.1, 0.15) is 30.9 Å². The van der Waals surface area contributed by atoms with Gasteiger partial charge in [-0.05, 0) is 11.5 Å². The Labute approximate surface area is 126 Å². The van der Waals surface area contributed by atoms with E-state index in [1.807, 2.05) is 12.4 Å². The molecule has 0 atom stereocenters. The molecule has 1 N–H and O–H groups in total. The SMILES string of the molecule is COCCNCc1cnc(-c2ccc(C(C)C)cc2)nc1. The molecular formula is C17H23N3O. The van der Waals surface area contributed by atoms with Gasteiger partial charge in [-0.2, -0.15) is 0 Å². The summed E-state index contributed by atoms with van der Waals surface area (Å²) in [7, 11) is 1.70. The van der Waals surface area contributed by atoms with Gasteiger partial charge in [0.25, 0.3) is 0 Å². The predicted molar refractivity (Wildman–Crippen MR) is 85.1 cm³/mol. The summed E-state index contributed by atoms with van der Waals surface area (Å²) >= 11 is 0. The van der Waals surface area contributed by atoms with Crippen molar-refractivity contribution in [3.05, 3.63) is 47.8 Å². The molecule has 0 aliphatic rings. The maximum atomic E-state index is 4.99. The van der Waals surface area contributed by atoms with Gasteiger partial charge < -0.3 is 10.1 Å². The normalized spacial score (nSPS) is 11.0. The standard InChI is InChI=1S/C17H23N3O/c1-13(2)15-4-6-16(7-5-15)17-19-11-14(12-20-17)10-18-8-9-21-3/h4-7,11-13,18H,8-10H2,1-3H3. The highest BCUT2D eigenvalue weighted by Crippen LogP contribution is 2.19. The first-order valence-corrected chi connectivity index (χ1v) is 7.31. The highest BCUT2D eigenvalue weighted by atomic mass is 16.5. The zero-order valence-electron chi connectivity index (χ0n) is 13.0. The lowest BCUT2D eigenvalue weighted by atomic mass is 10.0. The van der Waals surface area contributed by atoms with Gasteiger partial charge in [0.2, 0.25) is 0 Å². The second-order valence-corrected chi connectivity index (χ2v) is 5.36. The molecule has 0 fully saturated rings. The highest BCUT2D eigenvalue weighted by molar-refractivity contribution is 5.55. The summed E-state index contributed by atoms with van der Waals surface area (Å²) in [5, 5.41) is 3.28. The van der Waals surface area contributed by atoms with Crippen LogP contribution in [0.15, 0.2) is 36.7 Å². The van der Waals surface area contributed by atoms with E-state index in [9.17, 15) is 0 Å². The molecule has 0 aliphatic carbocycles. The van der Waals surface area contributed by atoms with Crippen LogP contribution in [0.5, 0.6) is 0 Å². The molecule has 0 bridgehead atoms. The Morgan fingerprint density at radius 2 is 1.76 bits per heavy atom. The molecule has 0 aliphatic heterocycles. The van der Waals surface area contributed by atoms with Crippen LogP contribution < -0.4 is 5.32 Å². The molecule has 1 aromatic carbocycles. The fourth-order valence-corrected chi connectivity index (χ4v) is 2.02. The van der Waals surface area contributed by atoms with Gasteiger partial charge in [-0.3, -0.25) is 0 Å². The molecule has 0 saturated heterocycles. The average Bonchev–Trinajstić information content (AvgIpc) is 2.52. The molecule has 4 heteroatoms. The molecule has 2 rings (SSSR count). The number of rotatable bonds is 7. The lowest BCUT2D eigenvalue weighted by Crippen LogP contribution is -2.18. The lowest BCUT2D eigenvalue weighted by Gasteiger charge is -2.07. The van der Waals surface area contributed by atoms with Gasteiger partial charge in [-0.1, -0.05) is 38.1 Å². The van der Waals surface area contributed by atoms with Crippen molar-refractivity contribution in [2.75, 3.05) is 20.3 Å². The fourth-order valence-electron chi connectivity index (χ4n) is 2.02. The first-order chi connectivity index (χ1) is 10.2. The number of ether oxygens (including phenoxy) is 1. The monoisotopic (exact) mass is 285 g/mol. The van der Waals surface area contributed by atoms with Gasteiger partial charge in [-0.15, -0.1) is 0 Å². The van der Waals surface area contributed by atoms with Crippen LogP contribution in [0.4, 0.5) is 0 Å². The number of aromatic nitrogens is 2. The van der Waals surface area contributed by atoms with E-state index in [1.54, 1.807) is 7.11 Å². The summed E-state index contributed by atoms with van der Waals surface area (Å²) in [5.74, 6) is 1.31. The van der Waals surface area contributed by atoms with Crippen LogP contribution >= 0.6 is 0 Å². The maximum Gasteiger partial charge on any atom is 0.159 e. The molecule has 0 amide bonds. The minimum Gasteiger partial charge on any atom is -0.383 e. The summed E-state index contributed by atoms with van der Waals surface area (Å²) in [4.78, 5) is 8.88. The molecule has 1 aromatic heterocycles. The highest BCUT2D eigenvalue weighted by Gasteiger charge is 2.03. The summed E-state index contributed by atoms with van der Waals surface area (Å²) in [5.41, 5.74) is 3.46. The average molecular weight is 285 g/mol. The Balaban J connectivity index is 1.98. The molecule has 0 unspecified atom stereocenters. The molecule has 2 aromatic rings. The first kappa shape index (κ1) is 15.6. The molecule has 0 saturated carbocycles. The Morgan fingerprint density at radius 3 is 2.33 bits per heavy atom. The van der Waals surface area contributed by atoms with Crippen molar-refractivity contribution in [1.82, 2.24) is 15.3 Å². The van der Waals surface area contributed by atoms with Crippen molar-refractivity contribution in [3.63, 3.8) is 0 Å². The van der Waals surface area contributed by atoms with E-state index < -0.39 is 0 Å². The summed E-state index contributed by atoms with van der Waals surface area (Å²) < 4.78 is 4.99. The molecule has 0 spiro atoms. The van der Waals surface area contributed by atoms with E-state index in [2.05, 4.69) is 53.4 Å². The second-order valence-electron chi connectivity index (χ2n) is 5.36. The zero-order chi connectivity index (χ0) is 15.1. The van der Waals surface area contributed by atoms with E-state index in [0.717, 1.165) is 30.0 Å². The second kappa shape index (κ2) is 7.86. The summed E-state index contributed by atoms with van der Waals surface area (Å²) in [6.07, 6.45) is 3.75. The van der Waals surface area contributed by atoms with Crippen LogP contribution in [0.3, 0.4) is 0 Å². The number of hydrogen-bond donors (Lipinski definition) is 1. The van der Waals surface area contributed by atoms with Gasteiger partial charge in [0.05, 0.1) is 6.61 Å². The summed E-state index contributed by atoms with van der Waals surface area (Å²) in [6, 6.07) is 8.45. The van der Waals surface area contributed by atoms with Gasteiger partial charge in [-0.25, -0.2) is 9.97 Å². The van der Waals surface area contributed by atoms with E-state index >= 15 is 0 Å². The fraction of sp³-hybridized carbons (Fsp3) is 0.412. The number of methoxy groups -OCH3 is 1. The topological polar surface area (TPSA) is 47.0 Å².